The molecule has 0 unspecified atom stereocenters. The van der Waals surface area contributed by atoms with E-state index in [2.05, 4.69) is 9.97 Å². The maximum absolute atomic E-state index is 12.2. The van der Waals surface area contributed by atoms with E-state index in [-0.39, 0.29) is 41.7 Å². The van der Waals surface area contributed by atoms with Crippen molar-refractivity contribution < 1.29 is 24.2 Å². The van der Waals surface area contributed by atoms with Gasteiger partial charge in [0.25, 0.3) is 5.56 Å². The minimum Gasteiger partial charge on any atom is -0.481 e. The molecule has 2 aromatic rings. The minimum atomic E-state index is -1.07. The van der Waals surface area contributed by atoms with Crippen molar-refractivity contribution in [1.29, 1.82) is 0 Å². The average Bonchev–Trinajstić information content (AvgIpc) is 3.12. The summed E-state index contributed by atoms with van der Waals surface area (Å²) in [5.41, 5.74) is 0.0376. The van der Waals surface area contributed by atoms with Crippen molar-refractivity contribution in [3.05, 3.63) is 22.5 Å². The number of carbonyl (C=O) groups excluding carboxylic acids is 1. The van der Waals surface area contributed by atoms with Gasteiger partial charge in [-0.1, -0.05) is 0 Å². The predicted octanol–water partition coefficient (Wildman–Crippen LogP) is -0.00220. The maximum atomic E-state index is 12.2. The number of hydrogen-bond donors (Lipinski definition) is 1. The van der Waals surface area contributed by atoms with E-state index in [9.17, 15) is 14.4 Å². The quantitative estimate of drug-likeness (QED) is 0.747. The standard InChI is InChI=1S/C15H18N4O6/c1-8(20)24-6-9-3-4-11(25-9)19-10(5-12(21)22)17-13-14(19)16-7-18(2)15(13)23/h7,9,11H,3-6H2,1-2H3,(H,21,22)/t9-,11+/m0/s1. The number of aryl methyl sites for hydroxylation is 1. The van der Waals surface area contributed by atoms with E-state index in [4.69, 9.17) is 14.6 Å². The highest BCUT2D eigenvalue weighted by atomic mass is 16.6. The Balaban J connectivity index is 1.97. The fourth-order valence-electron chi connectivity index (χ4n) is 2.87. The molecule has 0 spiro atoms. The summed E-state index contributed by atoms with van der Waals surface area (Å²) < 4.78 is 13.7. The largest absolute Gasteiger partial charge is 0.481 e. The van der Waals surface area contributed by atoms with E-state index in [0.717, 1.165) is 0 Å². The molecule has 10 nitrogen and oxygen atoms in total. The van der Waals surface area contributed by atoms with Crippen LogP contribution in [-0.4, -0.2) is 48.9 Å². The summed E-state index contributed by atoms with van der Waals surface area (Å²) in [5.74, 6) is -1.25. The van der Waals surface area contributed by atoms with E-state index in [0.29, 0.717) is 12.8 Å². The molecule has 0 amide bonds. The molecule has 1 saturated heterocycles. The summed E-state index contributed by atoms with van der Waals surface area (Å²) in [6.45, 7) is 1.45. The number of rotatable bonds is 5. The van der Waals surface area contributed by atoms with Crippen LogP contribution in [0.4, 0.5) is 0 Å². The molecule has 1 N–H and O–H groups in total. The van der Waals surface area contributed by atoms with Crippen molar-refractivity contribution in [2.45, 2.75) is 38.5 Å². The molecule has 0 bridgehead atoms. The number of esters is 1. The molecular weight excluding hydrogens is 332 g/mol. The van der Waals surface area contributed by atoms with Crippen LogP contribution in [0.25, 0.3) is 11.2 Å². The van der Waals surface area contributed by atoms with Crippen molar-refractivity contribution in [1.82, 2.24) is 19.1 Å². The zero-order chi connectivity index (χ0) is 18.1. The predicted molar refractivity (Wildman–Crippen MR) is 83.9 cm³/mol. The Bertz CT molecular complexity index is 886. The molecule has 134 valence electrons. The molecule has 1 fully saturated rings. The summed E-state index contributed by atoms with van der Waals surface area (Å²) in [6.07, 6.45) is 1.40. The van der Waals surface area contributed by atoms with Crippen LogP contribution in [0.3, 0.4) is 0 Å². The molecule has 3 heterocycles. The van der Waals surface area contributed by atoms with Gasteiger partial charge in [-0.05, 0) is 12.8 Å². The molecule has 0 aliphatic carbocycles. The average molecular weight is 350 g/mol. The molecular formula is C15H18N4O6. The monoisotopic (exact) mass is 350 g/mol. The minimum absolute atomic E-state index is 0.105. The Labute approximate surface area is 142 Å². The van der Waals surface area contributed by atoms with Gasteiger partial charge in [-0.15, -0.1) is 0 Å². The van der Waals surface area contributed by atoms with Crippen LogP contribution in [0.2, 0.25) is 0 Å². The van der Waals surface area contributed by atoms with Gasteiger partial charge < -0.3 is 19.1 Å². The molecule has 10 heteroatoms. The zero-order valence-electron chi connectivity index (χ0n) is 13.8. The van der Waals surface area contributed by atoms with Gasteiger partial charge in [0.15, 0.2) is 11.2 Å². The Morgan fingerprint density at radius 2 is 2.20 bits per heavy atom. The van der Waals surface area contributed by atoms with Gasteiger partial charge in [0.2, 0.25) is 0 Å². The highest BCUT2D eigenvalue weighted by Gasteiger charge is 2.31. The first-order valence-electron chi connectivity index (χ1n) is 7.80. The Morgan fingerprint density at radius 1 is 1.44 bits per heavy atom. The van der Waals surface area contributed by atoms with Crippen LogP contribution in [0, 0.1) is 0 Å². The summed E-state index contributed by atoms with van der Waals surface area (Å²) in [4.78, 5) is 42.7. The van der Waals surface area contributed by atoms with Crippen molar-refractivity contribution in [2.75, 3.05) is 6.61 Å². The summed E-state index contributed by atoms with van der Waals surface area (Å²) in [7, 11) is 1.55. The first-order valence-corrected chi connectivity index (χ1v) is 7.80. The van der Waals surface area contributed by atoms with Gasteiger partial charge in [-0.2, -0.15) is 0 Å². The van der Waals surface area contributed by atoms with Crippen LogP contribution >= 0.6 is 0 Å². The van der Waals surface area contributed by atoms with Gasteiger partial charge in [-0.3, -0.25) is 19.0 Å². The maximum Gasteiger partial charge on any atom is 0.311 e. The molecule has 3 rings (SSSR count). The lowest BCUT2D eigenvalue weighted by molar-refractivity contribution is -0.146. The lowest BCUT2D eigenvalue weighted by Crippen LogP contribution is -2.20. The van der Waals surface area contributed by atoms with E-state index in [1.54, 1.807) is 11.6 Å². The third-order valence-corrected chi connectivity index (χ3v) is 3.99. The number of hydrogen-bond acceptors (Lipinski definition) is 7. The lowest BCUT2D eigenvalue weighted by atomic mass is 10.2. The van der Waals surface area contributed by atoms with Crippen molar-refractivity contribution in [3.63, 3.8) is 0 Å². The highest BCUT2D eigenvalue weighted by molar-refractivity contribution is 5.74. The SMILES string of the molecule is CC(=O)OC[C@@H]1CC[C@H](n2c(CC(=O)O)nc3c(=O)n(C)cnc32)O1. The lowest BCUT2D eigenvalue weighted by Gasteiger charge is -2.17. The topological polar surface area (TPSA) is 126 Å². The number of imidazole rings is 1. The van der Waals surface area contributed by atoms with E-state index in [1.165, 1.54) is 17.8 Å². The second kappa shape index (κ2) is 6.63. The molecule has 2 atom stereocenters. The zero-order valence-corrected chi connectivity index (χ0v) is 13.8. The Kier molecular flexibility index (Phi) is 4.53. The van der Waals surface area contributed by atoms with Gasteiger partial charge in [0.1, 0.15) is 25.1 Å². The molecule has 1 aliphatic heterocycles. The first kappa shape index (κ1) is 17.1. The number of carboxylic acid groups (broad SMARTS) is 1. The summed E-state index contributed by atoms with van der Waals surface area (Å²) in [6, 6.07) is 0. The normalized spacial score (nSPS) is 20.1. The molecule has 1 aliphatic rings. The Hall–Kier alpha value is -2.75. The summed E-state index contributed by atoms with van der Waals surface area (Å²) in [5, 5.41) is 9.13. The summed E-state index contributed by atoms with van der Waals surface area (Å²) >= 11 is 0. The van der Waals surface area contributed by atoms with Crippen molar-refractivity contribution in [3.8, 4) is 0 Å². The van der Waals surface area contributed by atoms with Gasteiger partial charge in [0.05, 0.1) is 12.4 Å². The van der Waals surface area contributed by atoms with E-state index >= 15 is 0 Å². The molecule has 0 aromatic carbocycles. The fourth-order valence-corrected chi connectivity index (χ4v) is 2.87. The van der Waals surface area contributed by atoms with Gasteiger partial charge in [0, 0.05) is 14.0 Å². The number of aromatic nitrogens is 4. The second-order valence-corrected chi connectivity index (χ2v) is 5.89. The second-order valence-electron chi connectivity index (χ2n) is 5.89. The molecule has 0 saturated carbocycles. The van der Waals surface area contributed by atoms with Crippen molar-refractivity contribution in [2.24, 2.45) is 7.05 Å². The number of ether oxygens (including phenoxy) is 2. The van der Waals surface area contributed by atoms with Crippen LogP contribution < -0.4 is 5.56 Å². The third-order valence-electron chi connectivity index (χ3n) is 3.99. The van der Waals surface area contributed by atoms with E-state index in [1.807, 2.05) is 0 Å². The number of nitrogens with zero attached hydrogens (tertiary/aromatic N) is 4. The molecule has 0 radical (unpaired) electrons. The first-order chi connectivity index (χ1) is 11.9. The van der Waals surface area contributed by atoms with Crippen LogP contribution in [0.1, 0.15) is 31.8 Å². The van der Waals surface area contributed by atoms with Gasteiger partial charge >= 0.3 is 11.9 Å². The fraction of sp³-hybridized carbons (Fsp3) is 0.533. The molecule has 25 heavy (non-hydrogen) atoms. The van der Waals surface area contributed by atoms with Crippen molar-refractivity contribution >= 4 is 23.1 Å². The Morgan fingerprint density at radius 3 is 2.88 bits per heavy atom. The smallest absolute Gasteiger partial charge is 0.311 e. The van der Waals surface area contributed by atoms with Crippen LogP contribution in [0.15, 0.2) is 11.1 Å². The number of carboxylic acids is 1. The molecule has 2 aromatic heterocycles. The van der Waals surface area contributed by atoms with E-state index < -0.39 is 18.2 Å². The van der Waals surface area contributed by atoms with Crippen LogP contribution in [0.5, 0.6) is 0 Å². The number of carbonyl (C=O) groups is 2. The third kappa shape index (κ3) is 3.38. The highest BCUT2D eigenvalue weighted by Crippen LogP contribution is 2.31. The van der Waals surface area contributed by atoms with Gasteiger partial charge in [-0.25, -0.2) is 9.97 Å². The van der Waals surface area contributed by atoms with Crippen LogP contribution in [-0.2, 0) is 32.5 Å². The number of aliphatic carboxylic acids is 1. The number of fused-ring (bicyclic) bond motifs is 1.